The Balaban J connectivity index is 1.90. The average Bonchev–Trinajstić information content (AvgIpc) is 3.08. The molecule has 0 unspecified atom stereocenters. The molecule has 3 saturated carbocycles. The Hall–Kier alpha value is -0.593. The minimum absolute atomic E-state index is 0.0675. The van der Waals surface area contributed by atoms with E-state index in [-0.39, 0.29) is 16.6 Å². The number of aliphatic hydroxyl groups excluding tert-OH is 1. The van der Waals surface area contributed by atoms with E-state index in [2.05, 4.69) is 60.0 Å². The highest BCUT2D eigenvalue weighted by Gasteiger charge is 2.58. The number of carbonyl (C=O) groups is 1. The molecule has 3 N–H and O–H groups in total. The van der Waals surface area contributed by atoms with Gasteiger partial charge in [-0.2, -0.15) is 0 Å². The quantitative estimate of drug-likeness (QED) is 0.335. The molecule has 0 aromatic rings. The number of aliphatic hydroxyl groups is 1. The summed E-state index contributed by atoms with van der Waals surface area (Å²) in [7, 11) is -1.89. The predicted octanol–water partition coefficient (Wildman–Crippen LogP) is 6.91. The molecule has 0 bridgehead atoms. The van der Waals surface area contributed by atoms with E-state index < -0.39 is 14.4 Å². The van der Waals surface area contributed by atoms with Gasteiger partial charge in [-0.3, -0.25) is 0 Å². The van der Waals surface area contributed by atoms with E-state index in [1.54, 1.807) is 0 Å². The van der Waals surface area contributed by atoms with E-state index in [0.29, 0.717) is 35.6 Å². The number of amides is 1. The number of carboxylic acid groups (broad SMARTS) is 1. The van der Waals surface area contributed by atoms with Gasteiger partial charge in [0, 0.05) is 13.2 Å². The van der Waals surface area contributed by atoms with Crippen molar-refractivity contribution in [1.82, 2.24) is 5.32 Å². The zero-order valence-electron chi connectivity index (χ0n) is 23.2. The van der Waals surface area contributed by atoms with E-state index in [9.17, 15) is 15.0 Å². The molecular weight excluding hydrogens is 442 g/mol. The first-order valence-electron chi connectivity index (χ1n) is 13.9. The molecule has 0 spiro atoms. The highest BCUT2D eigenvalue weighted by atomic mass is 28.4. The maximum atomic E-state index is 11.6. The number of nitrogens with one attached hydrogen (secondary N) is 1. The highest BCUT2D eigenvalue weighted by Crippen LogP contribution is 2.64. The van der Waals surface area contributed by atoms with Gasteiger partial charge in [0.05, 0.1) is 6.10 Å². The van der Waals surface area contributed by atoms with Gasteiger partial charge < -0.3 is 20.0 Å². The number of hydrogen-bond acceptors (Lipinski definition) is 3. The van der Waals surface area contributed by atoms with Crippen LogP contribution in [0.5, 0.6) is 0 Å². The fraction of sp³-hybridized carbons (Fsp3) is 0.964. The lowest BCUT2D eigenvalue weighted by Crippen LogP contribution is -2.55. The SMILES string of the molecule is CC[C@H]1CC[C@H]2[C@H](CNC(=O)O)[C@@H]([C@@]3(C)CC[C@H](O)C[C@@H]3CO[Si](C)(C)C(C)(C)C)CC[C@]12C. The molecule has 0 radical (unpaired) electrons. The molecular formula is C28H53NO4Si. The Morgan fingerprint density at radius 3 is 2.21 bits per heavy atom. The second-order valence-electron chi connectivity index (χ2n) is 14.0. The van der Waals surface area contributed by atoms with Gasteiger partial charge in [-0.05, 0) is 103 Å². The van der Waals surface area contributed by atoms with Crippen molar-refractivity contribution in [2.45, 2.75) is 117 Å². The summed E-state index contributed by atoms with van der Waals surface area (Å²) in [6.45, 7) is 20.0. The minimum atomic E-state index is -1.89. The summed E-state index contributed by atoms with van der Waals surface area (Å²) in [4.78, 5) is 11.6. The lowest BCUT2D eigenvalue weighted by molar-refractivity contribution is -0.102. The standard InChI is InChI=1S/C28H53NO4Si/c1-9-19-10-11-23-22(17-29-25(31)32)24(13-15-27(19,23)5)28(6)14-12-21(30)16-20(28)18-33-34(7,8)26(2,3)4/h19-24,29-30H,9-18H2,1-8H3,(H,31,32)/t19-,20+,21-,22-,23-,24-,27+,28-/m0/s1. The molecule has 198 valence electrons. The summed E-state index contributed by atoms with van der Waals surface area (Å²) in [6.07, 6.45) is 7.65. The molecule has 3 aliphatic carbocycles. The Bertz CT molecular complexity index is 722. The van der Waals surface area contributed by atoms with Crippen LogP contribution in [0.25, 0.3) is 0 Å². The monoisotopic (exact) mass is 495 g/mol. The minimum Gasteiger partial charge on any atom is -0.465 e. The molecule has 5 nitrogen and oxygen atoms in total. The molecule has 8 atom stereocenters. The van der Waals surface area contributed by atoms with E-state index >= 15 is 0 Å². The highest BCUT2D eigenvalue weighted by molar-refractivity contribution is 6.74. The number of rotatable bonds is 7. The van der Waals surface area contributed by atoms with Crippen LogP contribution in [0.2, 0.25) is 18.1 Å². The van der Waals surface area contributed by atoms with Crippen LogP contribution in [0.15, 0.2) is 0 Å². The van der Waals surface area contributed by atoms with Crippen LogP contribution in [0, 0.1) is 40.4 Å². The Labute approximate surface area is 209 Å². The molecule has 0 aromatic heterocycles. The van der Waals surface area contributed by atoms with Gasteiger partial charge in [0.15, 0.2) is 8.32 Å². The van der Waals surface area contributed by atoms with Gasteiger partial charge in [0.2, 0.25) is 0 Å². The fourth-order valence-electron chi connectivity index (χ4n) is 8.04. The van der Waals surface area contributed by atoms with Crippen molar-refractivity contribution < 1.29 is 19.4 Å². The van der Waals surface area contributed by atoms with Crippen molar-refractivity contribution in [3.8, 4) is 0 Å². The zero-order valence-corrected chi connectivity index (χ0v) is 24.2. The molecule has 34 heavy (non-hydrogen) atoms. The summed E-state index contributed by atoms with van der Waals surface area (Å²) >= 11 is 0. The summed E-state index contributed by atoms with van der Waals surface area (Å²) in [5.74, 6) is 2.48. The van der Waals surface area contributed by atoms with E-state index in [4.69, 9.17) is 4.43 Å². The normalized spacial score (nSPS) is 41.2. The van der Waals surface area contributed by atoms with Crippen molar-refractivity contribution >= 4 is 14.4 Å². The molecule has 0 aromatic carbocycles. The van der Waals surface area contributed by atoms with Crippen molar-refractivity contribution in [3.05, 3.63) is 0 Å². The van der Waals surface area contributed by atoms with Gasteiger partial charge in [0.1, 0.15) is 0 Å². The van der Waals surface area contributed by atoms with Gasteiger partial charge in [-0.15, -0.1) is 0 Å². The Kier molecular flexibility index (Phi) is 8.27. The average molecular weight is 496 g/mol. The molecule has 3 aliphatic rings. The predicted molar refractivity (Wildman–Crippen MR) is 141 cm³/mol. The molecule has 1 amide bonds. The number of hydrogen-bond donors (Lipinski definition) is 3. The van der Waals surface area contributed by atoms with Crippen molar-refractivity contribution in [2.75, 3.05) is 13.2 Å². The van der Waals surface area contributed by atoms with Crippen LogP contribution in [0.1, 0.15) is 92.9 Å². The lowest BCUT2D eigenvalue weighted by Gasteiger charge is -2.57. The second kappa shape index (κ2) is 10.0. The maximum absolute atomic E-state index is 11.6. The first-order chi connectivity index (χ1) is 15.7. The van der Waals surface area contributed by atoms with Crippen LogP contribution in [0.3, 0.4) is 0 Å². The van der Waals surface area contributed by atoms with Crippen molar-refractivity contribution in [3.63, 3.8) is 0 Å². The van der Waals surface area contributed by atoms with Crippen LogP contribution in [0.4, 0.5) is 4.79 Å². The van der Waals surface area contributed by atoms with Crippen LogP contribution >= 0.6 is 0 Å². The smallest absolute Gasteiger partial charge is 0.404 e. The summed E-state index contributed by atoms with van der Waals surface area (Å²) in [6, 6.07) is 0. The van der Waals surface area contributed by atoms with Crippen LogP contribution < -0.4 is 5.32 Å². The second-order valence-corrected chi connectivity index (χ2v) is 18.8. The maximum Gasteiger partial charge on any atom is 0.404 e. The molecule has 3 rings (SSSR count). The molecule has 0 saturated heterocycles. The Morgan fingerprint density at radius 1 is 1.03 bits per heavy atom. The molecule has 0 aliphatic heterocycles. The van der Waals surface area contributed by atoms with E-state index in [1.165, 1.54) is 32.1 Å². The molecule has 0 heterocycles. The largest absolute Gasteiger partial charge is 0.465 e. The van der Waals surface area contributed by atoms with Crippen molar-refractivity contribution in [1.29, 1.82) is 0 Å². The lowest BCUT2D eigenvalue weighted by atomic mass is 9.48. The summed E-state index contributed by atoms with van der Waals surface area (Å²) < 4.78 is 6.76. The van der Waals surface area contributed by atoms with Gasteiger partial charge in [-0.1, -0.05) is 48.0 Å². The third kappa shape index (κ3) is 5.24. The third-order valence-electron chi connectivity index (χ3n) is 11.4. The summed E-state index contributed by atoms with van der Waals surface area (Å²) in [5, 5.41) is 23.1. The third-order valence-corrected chi connectivity index (χ3v) is 15.9. The fourth-order valence-corrected chi connectivity index (χ4v) is 9.10. The first-order valence-corrected chi connectivity index (χ1v) is 16.9. The van der Waals surface area contributed by atoms with Crippen molar-refractivity contribution in [2.24, 2.45) is 40.4 Å². The molecule has 3 fully saturated rings. The van der Waals surface area contributed by atoms with Gasteiger partial charge >= 0.3 is 6.09 Å². The summed E-state index contributed by atoms with van der Waals surface area (Å²) in [5.41, 5.74) is 0.395. The Morgan fingerprint density at radius 2 is 1.62 bits per heavy atom. The number of fused-ring (bicyclic) bond motifs is 1. The van der Waals surface area contributed by atoms with E-state index in [1.807, 2.05) is 0 Å². The van der Waals surface area contributed by atoms with Gasteiger partial charge in [0.25, 0.3) is 0 Å². The van der Waals surface area contributed by atoms with E-state index in [0.717, 1.165) is 31.8 Å². The van der Waals surface area contributed by atoms with Crippen LogP contribution in [-0.2, 0) is 4.43 Å². The topological polar surface area (TPSA) is 78.8 Å². The van der Waals surface area contributed by atoms with Gasteiger partial charge in [-0.25, -0.2) is 4.79 Å². The zero-order chi connectivity index (χ0) is 25.5. The molecule has 6 heteroatoms. The first kappa shape index (κ1) is 28.0. The van der Waals surface area contributed by atoms with Crippen LogP contribution in [-0.4, -0.2) is 43.9 Å².